The molecule has 7 nitrogen and oxygen atoms in total. The number of hydrogen-bond acceptors (Lipinski definition) is 7. The first-order valence-corrected chi connectivity index (χ1v) is 4.98. The number of carbonyl (C=O) groups excluding carboxylic acids is 1. The maximum atomic E-state index is 12.6. The second-order valence-electron chi connectivity index (χ2n) is 3.32. The average molecular weight is 286 g/mol. The van der Waals surface area contributed by atoms with Crippen LogP contribution in [0.2, 0.25) is 0 Å². The van der Waals surface area contributed by atoms with E-state index < -0.39 is 17.9 Å². The summed E-state index contributed by atoms with van der Waals surface area (Å²) >= 11 is 0. The molecule has 0 saturated carbocycles. The van der Waals surface area contributed by atoms with E-state index in [0.29, 0.717) is 0 Å². The number of hydrogen-bond donors (Lipinski definition) is 2. The van der Waals surface area contributed by atoms with Crippen molar-refractivity contribution in [3.05, 3.63) is 0 Å². The Balaban J connectivity index is 5.27. The van der Waals surface area contributed by atoms with Crippen molar-refractivity contribution >= 4 is 17.4 Å². The summed E-state index contributed by atoms with van der Waals surface area (Å²) in [7, 11) is 0. The zero-order valence-corrected chi connectivity index (χ0v) is 10.4. The van der Waals surface area contributed by atoms with E-state index in [2.05, 4.69) is 19.9 Å². The zero-order valence-electron chi connectivity index (χ0n) is 10.4. The van der Waals surface area contributed by atoms with Crippen molar-refractivity contribution in [3.8, 4) is 0 Å². The second-order valence-corrected chi connectivity index (χ2v) is 3.32. The van der Waals surface area contributed by atoms with Crippen molar-refractivity contribution < 1.29 is 37.9 Å². The lowest BCUT2D eigenvalue weighted by Gasteiger charge is -2.25. The maximum absolute atomic E-state index is 12.6. The number of halogens is 3. The predicted molar refractivity (Wildman–Crippen MR) is 56.7 cm³/mol. The number of esters is 1. The SMILES string of the molecule is CCOC(=O)[C@](O)(O/N=C(C)/C(C)=N/O)C(F)(F)F. The van der Waals surface area contributed by atoms with Gasteiger partial charge in [-0.1, -0.05) is 10.3 Å². The van der Waals surface area contributed by atoms with E-state index in [4.69, 9.17) is 5.21 Å². The minimum atomic E-state index is -5.45. The molecule has 19 heavy (non-hydrogen) atoms. The molecule has 2 N–H and O–H groups in total. The Bertz CT molecular complexity index is 394. The molecule has 0 saturated heterocycles. The molecule has 0 aliphatic heterocycles. The lowest BCUT2D eigenvalue weighted by Crippen LogP contribution is -2.54. The molecule has 0 radical (unpaired) electrons. The Morgan fingerprint density at radius 2 is 1.79 bits per heavy atom. The van der Waals surface area contributed by atoms with Gasteiger partial charge in [-0.15, -0.1) is 0 Å². The van der Waals surface area contributed by atoms with Gasteiger partial charge in [0.2, 0.25) is 0 Å². The molecule has 0 unspecified atom stereocenters. The van der Waals surface area contributed by atoms with Crippen molar-refractivity contribution in [1.29, 1.82) is 0 Å². The molecule has 0 spiro atoms. The van der Waals surface area contributed by atoms with Gasteiger partial charge in [-0.3, -0.25) is 0 Å². The summed E-state index contributed by atoms with van der Waals surface area (Å²) in [6.07, 6.45) is -5.45. The van der Waals surface area contributed by atoms with Crippen LogP contribution < -0.4 is 0 Å². The summed E-state index contributed by atoms with van der Waals surface area (Å²) in [5.41, 5.74) is -0.428. The molecule has 0 aromatic rings. The normalized spacial score (nSPS) is 16.8. The lowest BCUT2D eigenvalue weighted by atomic mass is 10.3. The van der Waals surface area contributed by atoms with E-state index >= 15 is 0 Å². The number of ether oxygens (including phenoxy) is 1. The van der Waals surface area contributed by atoms with Crippen LogP contribution in [0.3, 0.4) is 0 Å². The minimum absolute atomic E-state index is 0.159. The second kappa shape index (κ2) is 6.36. The fraction of sp³-hybridized carbons (Fsp3) is 0.667. The van der Waals surface area contributed by atoms with Gasteiger partial charge in [0.15, 0.2) is 0 Å². The van der Waals surface area contributed by atoms with Crippen molar-refractivity contribution in [2.24, 2.45) is 10.3 Å². The van der Waals surface area contributed by atoms with E-state index in [0.717, 1.165) is 6.92 Å². The molecule has 0 heterocycles. The standard InChI is InChI=1S/C9H13F3N2O5/c1-4-18-7(15)8(16,9(10,11)12)19-14-6(3)5(2)13-17/h16-17H,4H2,1-3H3/b13-5+,14-6+/t8-/m0/s1. The Morgan fingerprint density at radius 1 is 1.26 bits per heavy atom. The minimum Gasteiger partial charge on any atom is -0.461 e. The molecular formula is C9H13F3N2O5. The van der Waals surface area contributed by atoms with Gasteiger partial charge >= 0.3 is 17.9 Å². The van der Waals surface area contributed by atoms with Crippen LogP contribution in [-0.2, 0) is 14.4 Å². The number of oxime groups is 2. The van der Waals surface area contributed by atoms with Gasteiger partial charge in [-0.25, -0.2) is 4.79 Å². The summed E-state index contributed by atoms with van der Waals surface area (Å²) in [5.74, 6) is -6.27. The van der Waals surface area contributed by atoms with E-state index in [-0.39, 0.29) is 18.0 Å². The molecule has 0 fully saturated rings. The van der Waals surface area contributed by atoms with E-state index in [1.807, 2.05) is 0 Å². The van der Waals surface area contributed by atoms with Gasteiger partial charge in [-0.2, -0.15) is 13.2 Å². The number of carbonyl (C=O) groups is 1. The molecule has 0 aromatic heterocycles. The van der Waals surface area contributed by atoms with Gasteiger partial charge < -0.3 is 19.9 Å². The van der Waals surface area contributed by atoms with Crippen LogP contribution >= 0.6 is 0 Å². The molecular weight excluding hydrogens is 273 g/mol. The lowest BCUT2D eigenvalue weighted by molar-refractivity contribution is -0.353. The third kappa shape index (κ3) is 4.09. The molecule has 0 rings (SSSR count). The third-order valence-corrected chi connectivity index (χ3v) is 1.92. The zero-order chi connectivity index (χ0) is 15.3. The number of nitrogens with zero attached hydrogens (tertiary/aromatic N) is 2. The Morgan fingerprint density at radius 3 is 2.16 bits per heavy atom. The number of alkyl halides is 3. The molecule has 10 heteroatoms. The smallest absolute Gasteiger partial charge is 0.461 e. The Hall–Kier alpha value is -1.84. The molecule has 0 aromatic carbocycles. The fourth-order valence-electron chi connectivity index (χ4n) is 0.707. The summed E-state index contributed by atoms with van der Waals surface area (Å²) in [6, 6.07) is 0. The topological polar surface area (TPSA) is 101 Å². The highest BCUT2D eigenvalue weighted by molar-refractivity contribution is 6.40. The first kappa shape index (κ1) is 17.2. The number of rotatable bonds is 5. The highest BCUT2D eigenvalue weighted by Crippen LogP contribution is 2.33. The van der Waals surface area contributed by atoms with Crippen molar-refractivity contribution in [2.45, 2.75) is 32.7 Å². The highest BCUT2D eigenvalue weighted by Gasteiger charge is 2.65. The van der Waals surface area contributed by atoms with Gasteiger partial charge in [-0.05, 0) is 20.8 Å². The van der Waals surface area contributed by atoms with Crippen LogP contribution in [0.15, 0.2) is 10.3 Å². The average Bonchev–Trinajstić information content (AvgIpc) is 2.33. The Labute approximate surface area is 106 Å². The van der Waals surface area contributed by atoms with E-state index in [1.165, 1.54) is 13.8 Å². The molecule has 0 aliphatic rings. The quantitative estimate of drug-likeness (QED) is 0.258. The van der Waals surface area contributed by atoms with Crippen molar-refractivity contribution in [3.63, 3.8) is 0 Å². The maximum Gasteiger partial charge on any atom is 0.470 e. The van der Waals surface area contributed by atoms with Crippen LogP contribution in [0.5, 0.6) is 0 Å². The molecule has 0 amide bonds. The third-order valence-electron chi connectivity index (χ3n) is 1.92. The monoisotopic (exact) mass is 286 g/mol. The largest absolute Gasteiger partial charge is 0.470 e. The van der Waals surface area contributed by atoms with Gasteiger partial charge in [0, 0.05) is 0 Å². The highest BCUT2D eigenvalue weighted by atomic mass is 19.4. The van der Waals surface area contributed by atoms with E-state index in [1.54, 1.807) is 0 Å². The van der Waals surface area contributed by atoms with Crippen LogP contribution in [0.25, 0.3) is 0 Å². The van der Waals surface area contributed by atoms with Crippen LogP contribution in [0.1, 0.15) is 20.8 Å². The molecule has 0 aliphatic carbocycles. The van der Waals surface area contributed by atoms with Crippen LogP contribution in [0.4, 0.5) is 13.2 Å². The van der Waals surface area contributed by atoms with Crippen LogP contribution in [0, 0.1) is 0 Å². The van der Waals surface area contributed by atoms with Gasteiger partial charge in [0.05, 0.1) is 6.61 Å². The summed E-state index contributed by atoms with van der Waals surface area (Å²) in [4.78, 5) is 14.9. The van der Waals surface area contributed by atoms with Gasteiger partial charge in [0.1, 0.15) is 11.4 Å². The first-order valence-electron chi connectivity index (χ1n) is 4.98. The van der Waals surface area contributed by atoms with Crippen LogP contribution in [-0.4, -0.2) is 46.3 Å². The molecule has 0 bridgehead atoms. The first-order chi connectivity index (χ1) is 8.60. The number of aliphatic hydroxyl groups is 1. The van der Waals surface area contributed by atoms with Crippen molar-refractivity contribution in [1.82, 2.24) is 0 Å². The summed E-state index contributed by atoms with van der Waals surface area (Å²) in [6.45, 7) is 3.24. The summed E-state index contributed by atoms with van der Waals surface area (Å²) < 4.78 is 41.8. The fourth-order valence-corrected chi connectivity index (χ4v) is 0.707. The van der Waals surface area contributed by atoms with Crippen molar-refractivity contribution in [2.75, 3.05) is 6.61 Å². The Kier molecular flexibility index (Phi) is 5.75. The predicted octanol–water partition coefficient (Wildman–Crippen LogP) is 1.04. The molecule has 1 atom stereocenters. The van der Waals surface area contributed by atoms with Gasteiger partial charge in [0.25, 0.3) is 0 Å². The summed E-state index contributed by atoms with van der Waals surface area (Å²) in [5, 5.41) is 23.1. The van der Waals surface area contributed by atoms with E-state index in [9.17, 15) is 23.1 Å². The molecule has 110 valence electrons.